The highest BCUT2D eigenvalue weighted by Crippen LogP contribution is 2.12. The van der Waals surface area contributed by atoms with Crippen molar-refractivity contribution in [3.63, 3.8) is 0 Å². The van der Waals surface area contributed by atoms with Crippen molar-refractivity contribution < 1.29 is 0 Å². The van der Waals surface area contributed by atoms with Crippen molar-refractivity contribution in [1.82, 2.24) is 5.32 Å². The second-order valence-corrected chi connectivity index (χ2v) is 4.14. The van der Waals surface area contributed by atoms with Gasteiger partial charge in [-0.15, -0.1) is 0 Å². The van der Waals surface area contributed by atoms with E-state index in [0.29, 0.717) is 6.04 Å². The van der Waals surface area contributed by atoms with E-state index in [-0.39, 0.29) is 0 Å². The van der Waals surface area contributed by atoms with E-state index >= 15 is 0 Å². The fourth-order valence-corrected chi connectivity index (χ4v) is 2.08. The summed E-state index contributed by atoms with van der Waals surface area (Å²) >= 11 is 0. The van der Waals surface area contributed by atoms with Crippen molar-refractivity contribution >= 4 is 0 Å². The maximum atomic E-state index is 5.58. The summed E-state index contributed by atoms with van der Waals surface area (Å²) in [6.45, 7) is 2.03. The molecule has 0 aromatic rings. The lowest BCUT2D eigenvalue weighted by molar-refractivity contribution is 0.411. The maximum Gasteiger partial charge on any atom is 0.00790 e. The summed E-state index contributed by atoms with van der Waals surface area (Å²) in [4.78, 5) is 0. The SMILES string of the molecule is NCCC1CCCCCCCCN1. The Bertz CT molecular complexity index is 105. The number of nitrogens with one attached hydrogen (secondary N) is 1. The summed E-state index contributed by atoms with van der Waals surface area (Å²) in [5, 5.41) is 3.61. The summed E-state index contributed by atoms with van der Waals surface area (Å²) in [5.41, 5.74) is 5.58. The first-order chi connectivity index (χ1) is 6.43. The van der Waals surface area contributed by atoms with E-state index in [1.807, 2.05) is 0 Å². The van der Waals surface area contributed by atoms with Crippen molar-refractivity contribution in [2.75, 3.05) is 13.1 Å². The minimum absolute atomic E-state index is 0.697. The predicted molar refractivity (Wildman–Crippen MR) is 57.8 cm³/mol. The van der Waals surface area contributed by atoms with Crippen LogP contribution >= 0.6 is 0 Å². The normalized spacial score (nSPS) is 27.0. The fraction of sp³-hybridized carbons (Fsp3) is 1.00. The molecule has 1 saturated heterocycles. The quantitative estimate of drug-likeness (QED) is 0.689. The van der Waals surface area contributed by atoms with E-state index in [9.17, 15) is 0 Å². The molecule has 78 valence electrons. The van der Waals surface area contributed by atoms with Gasteiger partial charge >= 0.3 is 0 Å². The van der Waals surface area contributed by atoms with Gasteiger partial charge in [0.2, 0.25) is 0 Å². The molecule has 0 bridgehead atoms. The van der Waals surface area contributed by atoms with E-state index in [1.165, 1.54) is 51.5 Å². The molecule has 0 aromatic heterocycles. The third-order valence-corrected chi connectivity index (χ3v) is 2.93. The van der Waals surface area contributed by atoms with Crippen LogP contribution in [-0.4, -0.2) is 19.1 Å². The molecular weight excluding hydrogens is 160 g/mol. The Hall–Kier alpha value is -0.0800. The zero-order chi connectivity index (χ0) is 9.36. The zero-order valence-electron chi connectivity index (χ0n) is 8.73. The highest BCUT2D eigenvalue weighted by Gasteiger charge is 2.07. The average Bonchev–Trinajstić information content (AvgIpc) is 2.16. The molecule has 2 nitrogen and oxygen atoms in total. The van der Waals surface area contributed by atoms with Gasteiger partial charge in [-0.3, -0.25) is 0 Å². The molecule has 1 aliphatic rings. The zero-order valence-corrected chi connectivity index (χ0v) is 8.73. The van der Waals surface area contributed by atoms with Crippen LogP contribution in [0.25, 0.3) is 0 Å². The molecule has 0 spiro atoms. The third kappa shape index (κ3) is 5.27. The Morgan fingerprint density at radius 3 is 2.46 bits per heavy atom. The fourth-order valence-electron chi connectivity index (χ4n) is 2.08. The van der Waals surface area contributed by atoms with Crippen molar-refractivity contribution in [3.8, 4) is 0 Å². The molecule has 0 saturated carbocycles. The summed E-state index contributed by atoms with van der Waals surface area (Å²) in [5.74, 6) is 0. The monoisotopic (exact) mass is 184 g/mol. The molecule has 13 heavy (non-hydrogen) atoms. The van der Waals surface area contributed by atoms with Crippen molar-refractivity contribution in [3.05, 3.63) is 0 Å². The minimum atomic E-state index is 0.697. The van der Waals surface area contributed by atoms with E-state index in [4.69, 9.17) is 5.73 Å². The number of nitrogens with two attached hydrogens (primary N) is 1. The van der Waals surface area contributed by atoms with Gasteiger partial charge in [-0.05, 0) is 32.4 Å². The summed E-state index contributed by atoms with van der Waals surface area (Å²) < 4.78 is 0. The molecule has 2 heteroatoms. The lowest BCUT2D eigenvalue weighted by Gasteiger charge is -2.19. The van der Waals surface area contributed by atoms with Crippen LogP contribution in [0.3, 0.4) is 0 Å². The van der Waals surface area contributed by atoms with Crippen LogP contribution in [0.2, 0.25) is 0 Å². The summed E-state index contributed by atoms with van der Waals surface area (Å²) in [6.07, 6.45) is 10.9. The van der Waals surface area contributed by atoms with Crippen LogP contribution in [0.15, 0.2) is 0 Å². The van der Waals surface area contributed by atoms with Gasteiger partial charge in [0.1, 0.15) is 0 Å². The highest BCUT2D eigenvalue weighted by atomic mass is 14.9. The van der Waals surface area contributed by atoms with E-state index in [1.54, 1.807) is 0 Å². The lowest BCUT2D eigenvalue weighted by Crippen LogP contribution is -2.32. The first kappa shape index (κ1) is 11.0. The second-order valence-electron chi connectivity index (χ2n) is 4.14. The Labute approximate surface area is 82.3 Å². The maximum absolute atomic E-state index is 5.58. The first-order valence-electron chi connectivity index (χ1n) is 5.87. The highest BCUT2D eigenvalue weighted by molar-refractivity contribution is 4.68. The molecule has 1 unspecified atom stereocenters. The first-order valence-corrected chi connectivity index (χ1v) is 5.87. The van der Waals surface area contributed by atoms with Gasteiger partial charge in [0, 0.05) is 6.04 Å². The van der Waals surface area contributed by atoms with Crippen molar-refractivity contribution in [2.24, 2.45) is 5.73 Å². The van der Waals surface area contributed by atoms with Crippen LogP contribution in [0.1, 0.15) is 51.4 Å². The Morgan fingerprint density at radius 1 is 1.00 bits per heavy atom. The standard InChI is InChI=1S/C11H24N2/c12-9-8-11-7-5-3-1-2-4-6-10-13-11/h11,13H,1-10,12H2. The third-order valence-electron chi connectivity index (χ3n) is 2.93. The predicted octanol–water partition coefficient (Wildman–Crippen LogP) is 2.04. The number of rotatable bonds is 2. The molecule has 1 rings (SSSR count). The smallest absolute Gasteiger partial charge is 0.00790 e. The molecule has 0 radical (unpaired) electrons. The molecule has 0 aliphatic carbocycles. The molecule has 3 N–H and O–H groups in total. The van der Waals surface area contributed by atoms with Gasteiger partial charge in [0.15, 0.2) is 0 Å². The Balaban J connectivity index is 2.18. The summed E-state index contributed by atoms with van der Waals surface area (Å²) in [6, 6.07) is 0.697. The van der Waals surface area contributed by atoms with Crippen molar-refractivity contribution in [2.45, 2.75) is 57.4 Å². The van der Waals surface area contributed by atoms with Crippen LogP contribution < -0.4 is 11.1 Å². The van der Waals surface area contributed by atoms with Crippen LogP contribution in [0.4, 0.5) is 0 Å². The number of hydrogen-bond acceptors (Lipinski definition) is 2. The van der Waals surface area contributed by atoms with Gasteiger partial charge in [-0.25, -0.2) is 0 Å². The van der Waals surface area contributed by atoms with Crippen LogP contribution in [-0.2, 0) is 0 Å². The van der Waals surface area contributed by atoms with E-state index in [0.717, 1.165) is 13.0 Å². The lowest BCUT2D eigenvalue weighted by atomic mass is 10.0. The van der Waals surface area contributed by atoms with Crippen LogP contribution in [0.5, 0.6) is 0 Å². The Kier molecular flexibility index (Phi) is 6.21. The van der Waals surface area contributed by atoms with Crippen LogP contribution in [0, 0.1) is 0 Å². The molecule has 1 heterocycles. The molecule has 1 aliphatic heterocycles. The van der Waals surface area contributed by atoms with Crippen molar-refractivity contribution in [1.29, 1.82) is 0 Å². The molecule has 0 aromatic carbocycles. The summed E-state index contributed by atoms with van der Waals surface area (Å²) in [7, 11) is 0. The van der Waals surface area contributed by atoms with Gasteiger partial charge in [0.25, 0.3) is 0 Å². The molecule has 0 amide bonds. The Morgan fingerprint density at radius 2 is 1.69 bits per heavy atom. The van der Waals surface area contributed by atoms with Gasteiger partial charge in [0.05, 0.1) is 0 Å². The second kappa shape index (κ2) is 7.34. The van der Waals surface area contributed by atoms with Gasteiger partial charge in [-0.2, -0.15) is 0 Å². The number of hydrogen-bond donors (Lipinski definition) is 2. The van der Waals surface area contributed by atoms with E-state index in [2.05, 4.69) is 5.32 Å². The average molecular weight is 184 g/mol. The molecule has 1 atom stereocenters. The largest absolute Gasteiger partial charge is 0.330 e. The molecule has 1 fully saturated rings. The van der Waals surface area contributed by atoms with Gasteiger partial charge < -0.3 is 11.1 Å². The van der Waals surface area contributed by atoms with E-state index < -0.39 is 0 Å². The van der Waals surface area contributed by atoms with Gasteiger partial charge in [-0.1, -0.05) is 32.1 Å². The molecular formula is C11H24N2. The topological polar surface area (TPSA) is 38.0 Å². The minimum Gasteiger partial charge on any atom is -0.330 e.